The maximum Gasteiger partial charge on any atom is 0.312 e. The van der Waals surface area contributed by atoms with E-state index in [-0.39, 0.29) is 18.9 Å². The van der Waals surface area contributed by atoms with Crippen LogP contribution in [0, 0.1) is 5.41 Å². The normalized spacial score (nSPS) is 23.3. The quantitative estimate of drug-likeness (QED) is 0.790. The van der Waals surface area contributed by atoms with Gasteiger partial charge in [0.2, 0.25) is 0 Å². The fraction of sp³-hybridized carbons (Fsp3) is 0.579. The zero-order valence-electron chi connectivity index (χ0n) is 14.9. The lowest BCUT2D eigenvalue weighted by Gasteiger charge is -2.42. The molecule has 2 atom stereocenters. The minimum Gasteiger partial charge on any atom is -0.493 e. The molecule has 1 heterocycles. The van der Waals surface area contributed by atoms with Crippen LogP contribution in [0.5, 0.6) is 5.75 Å². The van der Waals surface area contributed by atoms with E-state index in [0.717, 1.165) is 6.42 Å². The fourth-order valence-corrected chi connectivity index (χ4v) is 3.41. The van der Waals surface area contributed by atoms with Gasteiger partial charge in [0.25, 0.3) is 5.91 Å². The van der Waals surface area contributed by atoms with Crippen LogP contribution in [0.25, 0.3) is 0 Å². The molecular formula is C19H27NO5. The van der Waals surface area contributed by atoms with Crippen LogP contribution in [0.1, 0.15) is 49.9 Å². The molecule has 0 spiro atoms. The number of nitrogens with zero attached hydrogens (tertiary/aromatic N) is 1. The number of aliphatic hydroxyl groups excluding tert-OH is 1. The van der Waals surface area contributed by atoms with Crippen molar-refractivity contribution in [3.05, 3.63) is 29.8 Å². The van der Waals surface area contributed by atoms with Gasteiger partial charge in [0.05, 0.1) is 23.7 Å². The van der Waals surface area contributed by atoms with E-state index in [0.29, 0.717) is 37.3 Å². The second kappa shape index (κ2) is 8.34. The van der Waals surface area contributed by atoms with Crippen molar-refractivity contribution < 1.29 is 24.5 Å². The number of likely N-dealkylation sites (tertiary alicyclic amines) is 1. The summed E-state index contributed by atoms with van der Waals surface area (Å²) in [6.45, 7) is 4.74. The number of ether oxygens (including phenoxy) is 1. The number of carbonyl (C=O) groups is 2. The number of benzene rings is 1. The van der Waals surface area contributed by atoms with Gasteiger partial charge >= 0.3 is 5.97 Å². The predicted octanol–water partition coefficient (Wildman–Crippen LogP) is 2.55. The van der Waals surface area contributed by atoms with Crippen molar-refractivity contribution >= 4 is 11.9 Å². The Morgan fingerprint density at radius 2 is 2.00 bits per heavy atom. The molecule has 1 amide bonds. The summed E-state index contributed by atoms with van der Waals surface area (Å²) in [4.78, 5) is 26.1. The summed E-state index contributed by atoms with van der Waals surface area (Å²) in [7, 11) is 0. The maximum absolute atomic E-state index is 12.9. The number of carboxylic acid groups (broad SMARTS) is 1. The number of para-hydroxylation sites is 1. The minimum absolute atomic E-state index is 0.0211. The molecule has 1 aromatic carbocycles. The van der Waals surface area contributed by atoms with Gasteiger partial charge in [-0.15, -0.1) is 0 Å². The van der Waals surface area contributed by atoms with Gasteiger partial charge in [0.1, 0.15) is 5.75 Å². The number of amides is 1. The summed E-state index contributed by atoms with van der Waals surface area (Å²) in [5, 5.41) is 20.1. The number of carboxylic acids is 1. The minimum atomic E-state index is -1.16. The lowest BCUT2D eigenvalue weighted by molar-refractivity contribution is -0.162. The number of carbonyl (C=O) groups excluding carboxylic acids is 1. The molecular weight excluding hydrogens is 322 g/mol. The van der Waals surface area contributed by atoms with E-state index in [4.69, 9.17) is 4.74 Å². The van der Waals surface area contributed by atoms with E-state index in [1.807, 2.05) is 19.9 Å². The van der Waals surface area contributed by atoms with Gasteiger partial charge < -0.3 is 19.8 Å². The number of aliphatic carboxylic acids is 1. The Kier molecular flexibility index (Phi) is 6.42. The molecule has 1 fully saturated rings. The van der Waals surface area contributed by atoms with E-state index >= 15 is 0 Å². The first-order valence-electron chi connectivity index (χ1n) is 8.88. The van der Waals surface area contributed by atoms with Crippen LogP contribution in [0.15, 0.2) is 24.3 Å². The summed E-state index contributed by atoms with van der Waals surface area (Å²) < 4.78 is 5.64. The van der Waals surface area contributed by atoms with Gasteiger partial charge in [0.15, 0.2) is 0 Å². The predicted molar refractivity (Wildman–Crippen MR) is 93.7 cm³/mol. The maximum atomic E-state index is 12.9. The van der Waals surface area contributed by atoms with Crippen LogP contribution >= 0.6 is 0 Å². The zero-order valence-corrected chi connectivity index (χ0v) is 14.9. The average Bonchev–Trinajstić information content (AvgIpc) is 2.61. The summed E-state index contributed by atoms with van der Waals surface area (Å²) in [6.07, 6.45) is 1.09. The summed E-state index contributed by atoms with van der Waals surface area (Å²) in [6, 6.07) is 7.03. The summed E-state index contributed by atoms with van der Waals surface area (Å²) >= 11 is 0. The highest BCUT2D eigenvalue weighted by atomic mass is 16.5. The van der Waals surface area contributed by atoms with Crippen LogP contribution in [0.3, 0.4) is 0 Å². The Hall–Kier alpha value is -2.08. The van der Waals surface area contributed by atoms with Crippen molar-refractivity contribution in [2.45, 2.75) is 45.6 Å². The second-order valence-corrected chi connectivity index (χ2v) is 6.57. The number of hydrogen-bond donors (Lipinski definition) is 2. The van der Waals surface area contributed by atoms with Crippen molar-refractivity contribution in [1.29, 1.82) is 0 Å². The standard InChI is InChI=1S/C19H27NO5/c1-3-9-19(18(23)24)10-11-20(13-16(19)21)17(22)14-7-5-6-8-15(14)25-12-4-2/h5-8,16,21H,3-4,9-13H2,1-2H3,(H,23,24)/t16-,19-/m0/s1. The van der Waals surface area contributed by atoms with Gasteiger partial charge in [-0.25, -0.2) is 0 Å². The Bertz CT molecular complexity index is 618. The topological polar surface area (TPSA) is 87.1 Å². The molecule has 0 unspecified atom stereocenters. The largest absolute Gasteiger partial charge is 0.493 e. The molecule has 25 heavy (non-hydrogen) atoms. The molecule has 138 valence electrons. The van der Waals surface area contributed by atoms with E-state index in [1.165, 1.54) is 4.90 Å². The van der Waals surface area contributed by atoms with Crippen molar-refractivity contribution in [3.8, 4) is 5.75 Å². The first-order chi connectivity index (χ1) is 12.0. The molecule has 0 radical (unpaired) electrons. The Labute approximate surface area is 148 Å². The lowest BCUT2D eigenvalue weighted by atomic mass is 9.72. The van der Waals surface area contributed by atoms with Gasteiger partial charge in [-0.1, -0.05) is 32.4 Å². The molecule has 0 saturated carbocycles. The monoisotopic (exact) mass is 349 g/mol. The molecule has 2 rings (SSSR count). The van der Waals surface area contributed by atoms with Crippen molar-refractivity contribution in [1.82, 2.24) is 4.90 Å². The third kappa shape index (κ3) is 3.95. The Morgan fingerprint density at radius 1 is 1.28 bits per heavy atom. The summed E-state index contributed by atoms with van der Waals surface area (Å²) in [5.41, 5.74) is -0.717. The smallest absolute Gasteiger partial charge is 0.312 e. The van der Waals surface area contributed by atoms with Crippen LogP contribution in [0.2, 0.25) is 0 Å². The first-order valence-corrected chi connectivity index (χ1v) is 8.88. The number of piperidine rings is 1. The van der Waals surface area contributed by atoms with Crippen molar-refractivity contribution in [3.63, 3.8) is 0 Å². The van der Waals surface area contributed by atoms with Crippen molar-refractivity contribution in [2.75, 3.05) is 19.7 Å². The third-order valence-electron chi connectivity index (χ3n) is 4.85. The van der Waals surface area contributed by atoms with Crippen LogP contribution in [-0.2, 0) is 4.79 Å². The second-order valence-electron chi connectivity index (χ2n) is 6.57. The number of aliphatic hydroxyl groups is 1. The first kappa shape index (κ1) is 19.2. The van der Waals surface area contributed by atoms with E-state index < -0.39 is 17.5 Å². The van der Waals surface area contributed by atoms with Crippen LogP contribution in [-0.4, -0.2) is 52.8 Å². The van der Waals surface area contributed by atoms with Crippen LogP contribution in [0.4, 0.5) is 0 Å². The van der Waals surface area contributed by atoms with Gasteiger partial charge in [-0.05, 0) is 31.4 Å². The molecule has 0 bridgehead atoms. The molecule has 0 aliphatic carbocycles. The van der Waals surface area contributed by atoms with Crippen LogP contribution < -0.4 is 4.74 Å². The molecule has 6 nitrogen and oxygen atoms in total. The van der Waals surface area contributed by atoms with E-state index in [9.17, 15) is 19.8 Å². The van der Waals surface area contributed by atoms with E-state index in [2.05, 4.69) is 0 Å². The number of hydrogen-bond acceptors (Lipinski definition) is 4. The highest BCUT2D eigenvalue weighted by molar-refractivity contribution is 5.97. The Morgan fingerprint density at radius 3 is 2.60 bits per heavy atom. The molecule has 2 N–H and O–H groups in total. The lowest BCUT2D eigenvalue weighted by Crippen LogP contribution is -2.56. The zero-order chi connectivity index (χ0) is 18.4. The highest BCUT2D eigenvalue weighted by Gasteiger charge is 2.48. The average molecular weight is 349 g/mol. The molecule has 6 heteroatoms. The number of β-amino-alcohol motifs (C(OH)–C–C–N with tert-alkyl or cyclic N) is 1. The molecule has 1 aromatic rings. The molecule has 1 aliphatic heterocycles. The summed E-state index contributed by atoms with van der Waals surface area (Å²) in [5.74, 6) is -0.700. The third-order valence-corrected chi connectivity index (χ3v) is 4.85. The van der Waals surface area contributed by atoms with Gasteiger partial charge in [-0.3, -0.25) is 9.59 Å². The Balaban J connectivity index is 2.17. The fourth-order valence-electron chi connectivity index (χ4n) is 3.41. The van der Waals surface area contributed by atoms with Gasteiger partial charge in [-0.2, -0.15) is 0 Å². The van der Waals surface area contributed by atoms with E-state index in [1.54, 1.807) is 18.2 Å². The van der Waals surface area contributed by atoms with Crippen molar-refractivity contribution in [2.24, 2.45) is 5.41 Å². The molecule has 0 aromatic heterocycles. The highest BCUT2D eigenvalue weighted by Crippen LogP contribution is 2.37. The SMILES string of the molecule is CCCOc1ccccc1C(=O)N1CC[C@](CCC)(C(=O)O)[C@@H](O)C1. The molecule has 1 aliphatic rings. The molecule has 1 saturated heterocycles. The number of rotatable bonds is 7. The van der Waals surface area contributed by atoms with Gasteiger partial charge in [0, 0.05) is 13.1 Å².